The number of ether oxygens (including phenoxy) is 1. The average molecular weight is 473 g/mol. The van der Waals surface area contributed by atoms with E-state index < -0.39 is 22.5 Å². The van der Waals surface area contributed by atoms with Crippen LogP contribution in [0.1, 0.15) is 17.0 Å². The van der Waals surface area contributed by atoms with Gasteiger partial charge in [0.15, 0.2) is 0 Å². The van der Waals surface area contributed by atoms with Gasteiger partial charge in [0, 0.05) is 28.7 Å². The van der Waals surface area contributed by atoms with Gasteiger partial charge in [-0.2, -0.15) is 5.10 Å². The highest BCUT2D eigenvalue weighted by Crippen LogP contribution is 2.23. The van der Waals surface area contributed by atoms with E-state index in [-0.39, 0.29) is 5.82 Å². The number of amides is 1. The van der Waals surface area contributed by atoms with Crippen molar-refractivity contribution < 1.29 is 22.3 Å². The molecule has 1 aromatic heterocycles. The third-order valence-electron chi connectivity index (χ3n) is 4.98. The standard InChI is InChI=1S/C23H25FN4O4S/c1-16-12-18(17(2)28(16)20-10-8-19(24)9-11-20)14-25-26-23(29)15-27(33(4,30)31)21-6-5-7-22(13-21)32-3/h5-14H,15H2,1-4H3,(H,26,29)/b25-14-. The van der Waals surface area contributed by atoms with Crippen LogP contribution in [0.2, 0.25) is 0 Å². The number of benzene rings is 2. The van der Waals surface area contributed by atoms with Gasteiger partial charge in [0.25, 0.3) is 5.91 Å². The Bertz CT molecular complexity index is 1280. The largest absolute Gasteiger partial charge is 0.497 e. The molecule has 1 N–H and O–H groups in total. The summed E-state index contributed by atoms with van der Waals surface area (Å²) in [6, 6.07) is 14.4. The molecule has 0 radical (unpaired) electrons. The second-order valence-electron chi connectivity index (χ2n) is 7.40. The normalized spacial score (nSPS) is 11.5. The maximum atomic E-state index is 13.2. The van der Waals surface area contributed by atoms with Gasteiger partial charge in [0.1, 0.15) is 18.1 Å². The van der Waals surface area contributed by atoms with Gasteiger partial charge < -0.3 is 9.30 Å². The summed E-state index contributed by atoms with van der Waals surface area (Å²) in [6.45, 7) is 3.34. The molecule has 0 unspecified atom stereocenters. The number of aryl methyl sites for hydroxylation is 1. The number of carbonyl (C=O) groups is 1. The predicted molar refractivity (Wildman–Crippen MR) is 126 cm³/mol. The summed E-state index contributed by atoms with van der Waals surface area (Å²) in [6.07, 6.45) is 2.50. The van der Waals surface area contributed by atoms with Gasteiger partial charge in [-0.1, -0.05) is 6.07 Å². The van der Waals surface area contributed by atoms with Gasteiger partial charge in [-0.05, 0) is 56.3 Å². The molecule has 10 heteroatoms. The van der Waals surface area contributed by atoms with Crippen LogP contribution in [0.4, 0.5) is 10.1 Å². The predicted octanol–water partition coefficient (Wildman–Crippen LogP) is 3.16. The molecule has 3 aromatic rings. The summed E-state index contributed by atoms with van der Waals surface area (Å²) in [5, 5.41) is 3.98. The molecule has 1 heterocycles. The minimum absolute atomic E-state index is 0.304. The van der Waals surface area contributed by atoms with E-state index in [1.165, 1.54) is 31.5 Å². The maximum absolute atomic E-state index is 13.2. The highest BCUT2D eigenvalue weighted by molar-refractivity contribution is 7.92. The minimum Gasteiger partial charge on any atom is -0.497 e. The number of halogens is 1. The Balaban J connectivity index is 1.74. The highest BCUT2D eigenvalue weighted by atomic mass is 32.2. The number of carbonyl (C=O) groups excluding carboxylic acids is 1. The van der Waals surface area contributed by atoms with Crippen molar-refractivity contribution >= 4 is 27.8 Å². The van der Waals surface area contributed by atoms with Gasteiger partial charge in [-0.15, -0.1) is 0 Å². The Morgan fingerprint density at radius 1 is 1.18 bits per heavy atom. The van der Waals surface area contributed by atoms with Crippen LogP contribution < -0.4 is 14.5 Å². The van der Waals surface area contributed by atoms with Crippen LogP contribution in [0, 0.1) is 19.7 Å². The zero-order valence-electron chi connectivity index (χ0n) is 18.7. The quantitative estimate of drug-likeness (QED) is 0.403. The topological polar surface area (TPSA) is 93.0 Å². The molecule has 0 saturated heterocycles. The van der Waals surface area contributed by atoms with Gasteiger partial charge >= 0.3 is 0 Å². The van der Waals surface area contributed by atoms with E-state index in [2.05, 4.69) is 10.5 Å². The molecular weight excluding hydrogens is 447 g/mol. The molecule has 0 saturated carbocycles. The molecule has 174 valence electrons. The Kier molecular flexibility index (Phi) is 7.17. The second-order valence-corrected chi connectivity index (χ2v) is 9.31. The van der Waals surface area contributed by atoms with Crippen LogP contribution in [0.5, 0.6) is 5.75 Å². The molecule has 3 rings (SSSR count). The summed E-state index contributed by atoms with van der Waals surface area (Å²) < 4.78 is 45.8. The lowest BCUT2D eigenvalue weighted by atomic mass is 10.2. The molecule has 0 bridgehead atoms. The van der Waals surface area contributed by atoms with Crippen LogP contribution in [-0.2, 0) is 14.8 Å². The van der Waals surface area contributed by atoms with E-state index in [9.17, 15) is 17.6 Å². The second kappa shape index (κ2) is 9.86. The van der Waals surface area contributed by atoms with Gasteiger partial charge in [0.2, 0.25) is 10.0 Å². The number of hydrogen-bond donors (Lipinski definition) is 1. The van der Waals surface area contributed by atoms with Gasteiger partial charge in [-0.25, -0.2) is 18.2 Å². The monoisotopic (exact) mass is 472 g/mol. The van der Waals surface area contributed by atoms with Gasteiger partial charge in [0.05, 0.1) is 25.3 Å². The van der Waals surface area contributed by atoms with E-state index in [0.29, 0.717) is 11.4 Å². The number of hydrogen-bond acceptors (Lipinski definition) is 5. The molecule has 1 amide bonds. The van der Waals surface area contributed by atoms with Crippen molar-refractivity contribution in [1.29, 1.82) is 0 Å². The van der Waals surface area contributed by atoms with Crippen molar-refractivity contribution in [2.75, 3.05) is 24.2 Å². The number of nitrogens with one attached hydrogen (secondary N) is 1. The van der Waals surface area contributed by atoms with Crippen molar-refractivity contribution in [2.24, 2.45) is 5.10 Å². The third-order valence-corrected chi connectivity index (χ3v) is 6.12. The summed E-state index contributed by atoms with van der Waals surface area (Å²) in [5.41, 5.74) is 5.99. The number of hydrazone groups is 1. The van der Waals surface area contributed by atoms with Crippen molar-refractivity contribution in [3.05, 3.63) is 77.4 Å². The number of aromatic nitrogens is 1. The number of anilines is 1. The number of methoxy groups -OCH3 is 1. The zero-order chi connectivity index (χ0) is 24.2. The Labute approximate surface area is 192 Å². The summed E-state index contributed by atoms with van der Waals surface area (Å²) in [7, 11) is -2.25. The van der Waals surface area contributed by atoms with Crippen LogP contribution in [0.25, 0.3) is 5.69 Å². The van der Waals surface area contributed by atoms with E-state index in [0.717, 1.165) is 33.2 Å². The first-order valence-corrected chi connectivity index (χ1v) is 11.8. The highest BCUT2D eigenvalue weighted by Gasteiger charge is 2.21. The third kappa shape index (κ3) is 5.78. The summed E-state index contributed by atoms with van der Waals surface area (Å²) in [4.78, 5) is 12.4. The number of sulfonamides is 1. The minimum atomic E-state index is -3.72. The fraction of sp³-hybridized carbons (Fsp3) is 0.217. The number of nitrogens with zero attached hydrogens (tertiary/aromatic N) is 3. The molecule has 33 heavy (non-hydrogen) atoms. The SMILES string of the molecule is COc1cccc(N(CC(=O)N/N=C\c2cc(C)n(-c3ccc(F)cc3)c2C)S(C)(=O)=O)c1. The lowest BCUT2D eigenvalue weighted by Crippen LogP contribution is -2.39. The maximum Gasteiger partial charge on any atom is 0.260 e. The smallest absolute Gasteiger partial charge is 0.260 e. The molecule has 0 aliphatic heterocycles. The van der Waals surface area contributed by atoms with E-state index >= 15 is 0 Å². The Morgan fingerprint density at radius 3 is 2.52 bits per heavy atom. The van der Waals surface area contributed by atoms with E-state index in [1.807, 2.05) is 24.5 Å². The molecule has 0 atom stereocenters. The molecule has 0 spiro atoms. The van der Waals surface area contributed by atoms with Gasteiger partial charge in [-0.3, -0.25) is 9.10 Å². The van der Waals surface area contributed by atoms with Crippen molar-refractivity contribution in [1.82, 2.24) is 9.99 Å². The first-order chi connectivity index (χ1) is 15.6. The lowest BCUT2D eigenvalue weighted by molar-refractivity contribution is -0.119. The molecule has 0 fully saturated rings. The molecule has 8 nitrogen and oxygen atoms in total. The molecule has 2 aromatic carbocycles. The van der Waals surface area contributed by atoms with E-state index in [1.54, 1.807) is 30.3 Å². The lowest BCUT2D eigenvalue weighted by Gasteiger charge is -2.21. The summed E-state index contributed by atoms with van der Waals surface area (Å²) in [5.74, 6) is -0.453. The van der Waals surface area contributed by atoms with Crippen molar-refractivity contribution in [3.8, 4) is 11.4 Å². The first-order valence-electron chi connectivity index (χ1n) is 9.98. The van der Waals surface area contributed by atoms with Crippen LogP contribution in [-0.4, -0.2) is 45.0 Å². The Hall–Kier alpha value is -3.66. The van der Waals surface area contributed by atoms with Crippen LogP contribution in [0.3, 0.4) is 0 Å². The van der Waals surface area contributed by atoms with Crippen LogP contribution in [0.15, 0.2) is 59.7 Å². The molecular formula is C23H25FN4O4S. The average Bonchev–Trinajstić information content (AvgIpc) is 3.05. The van der Waals surface area contributed by atoms with Crippen molar-refractivity contribution in [3.63, 3.8) is 0 Å². The van der Waals surface area contributed by atoms with Crippen molar-refractivity contribution in [2.45, 2.75) is 13.8 Å². The van der Waals surface area contributed by atoms with Crippen LogP contribution >= 0.6 is 0 Å². The zero-order valence-corrected chi connectivity index (χ0v) is 19.6. The van der Waals surface area contributed by atoms with E-state index in [4.69, 9.17) is 4.74 Å². The number of rotatable bonds is 8. The fourth-order valence-corrected chi connectivity index (χ4v) is 4.26. The summed E-state index contributed by atoms with van der Waals surface area (Å²) >= 11 is 0. The fourth-order valence-electron chi connectivity index (χ4n) is 3.41. The Morgan fingerprint density at radius 2 is 1.88 bits per heavy atom. The molecule has 0 aliphatic carbocycles. The first kappa shape index (κ1) is 24.0. The molecule has 0 aliphatic rings.